The van der Waals surface area contributed by atoms with E-state index in [2.05, 4.69) is 56.3 Å². The number of nitrogens with zero attached hydrogens (tertiary/aromatic N) is 1. The molecule has 0 radical (unpaired) electrons. The van der Waals surface area contributed by atoms with Crippen LogP contribution >= 0.6 is 11.3 Å². The molecule has 3 heteroatoms. The molecule has 0 bridgehead atoms. The van der Waals surface area contributed by atoms with Gasteiger partial charge in [-0.15, -0.1) is 11.3 Å². The van der Waals surface area contributed by atoms with Crippen molar-refractivity contribution in [1.29, 1.82) is 0 Å². The zero-order valence-electron chi connectivity index (χ0n) is 12.3. The van der Waals surface area contributed by atoms with E-state index in [1.54, 1.807) is 11.3 Å². The second-order valence-corrected chi connectivity index (χ2v) is 6.71. The molecule has 3 aromatic rings. The maximum Gasteiger partial charge on any atom is 0.0976 e. The molecule has 0 aliphatic carbocycles. The van der Waals surface area contributed by atoms with Gasteiger partial charge in [-0.2, -0.15) is 0 Å². The fraction of sp³-hybridized carbons (Fsp3) is 0.278. The summed E-state index contributed by atoms with van der Waals surface area (Å²) in [6.45, 7) is 4.33. The van der Waals surface area contributed by atoms with Gasteiger partial charge in [-0.05, 0) is 22.3 Å². The molecule has 0 fully saturated rings. The van der Waals surface area contributed by atoms with Crippen LogP contribution in [0.3, 0.4) is 0 Å². The molecular formula is C18H19NOS. The average Bonchev–Trinajstić information content (AvgIpc) is 2.91. The Morgan fingerprint density at radius 3 is 2.57 bits per heavy atom. The number of benzene rings is 2. The van der Waals surface area contributed by atoms with E-state index in [-0.39, 0.29) is 6.61 Å². The maximum absolute atomic E-state index is 9.49. The van der Waals surface area contributed by atoms with Crippen LogP contribution in [0.5, 0.6) is 0 Å². The summed E-state index contributed by atoms with van der Waals surface area (Å²) in [5.41, 5.74) is 2.33. The van der Waals surface area contributed by atoms with Gasteiger partial charge in [0.05, 0.1) is 22.2 Å². The summed E-state index contributed by atoms with van der Waals surface area (Å²) in [5.74, 6) is 0.352. The van der Waals surface area contributed by atoms with Gasteiger partial charge in [0.1, 0.15) is 0 Å². The van der Waals surface area contributed by atoms with Crippen molar-refractivity contribution in [2.24, 2.45) is 0 Å². The minimum Gasteiger partial charge on any atom is -0.391 e. The fourth-order valence-corrected chi connectivity index (χ4v) is 3.77. The highest BCUT2D eigenvalue weighted by molar-refractivity contribution is 7.11. The van der Waals surface area contributed by atoms with Gasteiger partial charge in [-0.1, -0.05) is 56.3 Å². The van der Waals surface area contributed by atoms with E-state index in [1.165, 1.54) is 16.3 Å². The molecule has 1 aromatic heterocycles. The fourth-order valence-electron chi connectivity index (χ4n) is 2.66. The van der Waals surface area contributed by atoms with Crippen LogP contribution in [-0.4, -0.2) is 10.1 Å². The van der Waals surface area contributed by atoms with Crippen molar-refractivity contribution >= 4 is 22.1 Å². The van der Waals surface area contributed by atoms with Gasteiger partial charge in [0.25, 0.3) is 0 Å². The van der Waals surface area contributed by atoms with Gasteiger partial charge in [-0.25, -0.2) is 4.98 Å². The molecule has 1 N–H and O–H groups in total. The molecule has 108 valence electrons. The lowest BCUT2D eigenvalue weighted by molar-refractivity contribution is 0.283. The van der Waals surface area contributed by atoms with Crippen LogP contribution in [0.4, 0.5) is 0 Å². The topological polar surface area (TPSA) is 33.1 Å². The molecule has 0 aliphatic heterocycles. The number of hydrogen-bond acceptors (Lipinski definition) is 3. The molecular weight excluding hydrogens is 278 g/mol. The second-order valence-electron chi connectivity index (χ2n) is 5.54. The third kappa shape index (κ3) is 2.85. The number of aliphatic hydroxyl groups excluding tert-OH is 1. The summed E-state index contributed by atoms with van der Waals surface area (Å²) < 4.78 is 0. The summed E-state index contributed by atoms with van der Waals surface area (Å²) in [6.07, 6.45) is 0.825. The smallest absolute Gasteiger partial charge is 0.0976 e. The van der Waals surface area contributed by atoms with Crippen LogP contribution in [-0.2, 0) is 13.0 Å². The van der Waals surface area contributed by atoms with Crippen LogP contribution in [0.2, 0.25) is 0 Å². The highest BCUT2D eigenvalue weighted by atomic mass is 32.1. The first-order valence-electron chi connectivity index (χ1n) is 7.25. The first-order valence-corrected chi connectivity index (χ1v) is 8.06. The van der Waals surface area contributed by atoms with E-state index in [0.29, 0.717) is 5.92 Å². The molecule has 0 atom stereocenters. The highest BCUT2D eigenvalue weighted by Crippen LogP contribution is 2.28. The molecule has 2 aromatic carbocycles. The van der Waals surface area contributed by atoms with E-state index in [4.69, 9.17) is 4.98 Å². The zero-order chi connectivity index (χ0) is 14.8. The van der Waals surface area contributed by atoms with Gasteiger partial charge in [0, 0.05) is 6.42 Å². The van der Waals surface area contributed by atoms with Gasteiger partial charge >= 0.3 is 0 Å². The predicted molar refractivity (Wildman–Crippen MR) is 88.9 cm³/mol. The van der Waals surface area contributed by atoms with E-state index < -0.39 is 0 Å². The van der Waals surface area contributed by atoms with Crippen LogP contribution in [0.1, 0.15) is 40.9 Å². The van der Waals surface area contributed by atoms with Crippen molar-refractivity contribution in [2.75, 3.05) is 0 Å². The lowest BCUT2D eigenvalue weighted by Gasteiger charge is -2.04. The summed E-state index contributed by atoms with van der Waals surface area (Å²) in [7, 11) is 0. The third-order valence-corrected chi connectivity index (χ3v) is 4.74. The van der Waals surface area contributed by atoms with Crippen molar-refractivity contribution in [1.82, 2.24) is 4.98 Å². The van der Waals surface area contributed by atoms with E-state index in [0.717, 1.165) is 22.0 Å². The molecule has 0 aliphatic rings. The largest absolute Gasteiger partial charge is 0.391 e. The molecule has 0 spiro atoms. The maximum atomic E-state index is 9.49. The molecule has 3 rings (SSSR count). The molecule has 2 nitrogen and oxygen atoms in total. The first kappa shape index (κ1) is 14.2. The van der Waals surface area contributed by atoms with Crippen molar-refractivity contribution in [3.05, 3.63) is 63.6 Å². The van der Waals surface area contributed by atoms with E-state index >= 15 is 0 Å². The number of hydrogen-bond donors (Lipinski definition) is 1. The molecule has 21 heavy (non-hydrogen) atoms. The Balaban J connectivity index is 1.99. The monoisotopic (exact) mass is 297 g/mol. The minimum atomic E-state index is 0.0840. The van der Waals surface area contributed by atoms with Gasteiger partial charge in [0.2, 0.25) is 0 Å². The van der Waals surface area contributed by atoms with Gasteiger partial charge in [0.15, 0.2) is 0 Å². The van der Waals surface area contributed by atoms with Gasteiger partial charge in [-0.3, -0.25) is 0 Å². The number of fused-ring (bicyclic) bond motifs is 1. The Bertz CT molecular complexity index is 756. The van der Waals surface area contributed by atoms with Crippen molar-refractivity contribution in [3.63, 3.8) is 0 Å². The SMILES string of the molecule is CC(C)c1nc(Cc2cccc3ccccc23)sc1CO. The van der Waals surface area contributed by atoms with E-state index in [1.807, 2.05) is 0 Å². The number of aliphatic hydroxyl groups is 1. The summed E-state index contributed by atoms with van der Waals surface area (Å²) in [4.78, 5) is 5.74. The Morgan fingerprint density at radius 2 is 1.86 bits per heavy atom. The second kappa shape index (κ2) is 5.96. The number of aromatic nitrogens is 1. The Kier molecular flexibility index (Phi) is 4.04. The summed E-state index contributed by atoms with van der Waals surface area (Å²) in [6, 6.07) is 14.8. The van der Waals surface area contributed by atoms with Crippen molar-refractivity contribution < 1.29 is 5.11 Å². The lowest BCUT2D eigenvalue weighted by Crippen LogP contribution is -1.94. The minimum absolute atomic E-state index is 0.0840. The molecule has 0 saturated carbocycles. The highest BCUT2D eigenvalue weighted by Gasteiger charge is 2.14. The summed E-state index contributed by atoms with van der Waals surface area (Å²) >= 11 is 1.63. The van der Waals surface area contributed by atoms with Crippen LogP contribution in [0, 0.1) is 0 Å². The molecule has 0 unspecified atom stereocenters. The van der Waals surface area contributed by atoms with Crippen molar-refractivity contribution in [3.8, 4) is 0 Å². The third-order valence-electron chi connectivity index (χ3n) is 3.68. The van der Waals surface area contributed by atoms with Crippen LogP contribution < -0.4 is 0 Å². The Labute approximate surface area is 129 Å². The standard InChI is InChI=1S/C18H19NOS/c1-12(2)18-16(11-20)21-17(19-18)10-14-8-5-7-13-6-3-4-9-15(13)14/h3-9,12,20H,10-11H2,1-2H3. The van der Waals surface area contributed by atoms with Crippen LogP contribution in [0.25, 0.3) is 10.8 Å². The molecule has 0 saturated heterocycles. The normalized spacial score (nSPS) is 11.4. The molecule has 1 heterocycles. The zero-order valence-corrected chi connectivity index (χ0v) is 13.2. The number of rotatable bonds is 4. The quantitative estimate of drug-likeness (QED) is 0.769. The van der Waals surface area contributed by atoms with Crippen molar-refractivity contribution in [2.45, 2.75) is 32.8 Å². The van der Waals surface area contributed by atoms with Crippen LogP contribution in [0.15, 0.2) is 42.5 Å². The Hall–Kier alpha value is -1.71. The lowest BCUT2D eigenvalue weighted by atomic mass is 10.0. The van der Waals surface area contributed by atoms with Gasteiger partial charge < -0.3 is 5.11 Å². The summed E-state index contributed by atoms with van der Waals surface area (Å²) in [5, 5.41) is 13.1. The average molecular weight is 297 g/mol. The number of thiazole rings is 1. The molecule has 0 amide bonds. The first-order chi connectivity index (χ1) is 10.2. The van der Waals surface area contributed by atoms with E-state index in [9.17, 15) is 5.11 Å². The predicted octanol–water partition coefficient (Wildman–Crippen LogP) is 4.50. The Morgan fingerprint density at radius 1 is 1.10 bits per heavy atom.